The highest BCUT2D eigenvalue weighted by Gasteiger charge is 2.32. The third-order valence-electron chi connectivity index (χ3n) is 9.09. The van der Waals surface area contributed by atoms with Crippen molar-refractivity contribution in [1.29, 1.82) is 0 Å². The third-order valence-corrected chi connectivity index (χ3v) is 9.09. The molecule has 1 heterocycles. The topological polar surface area (TPSA) is 64.7 Å². The molecule has 2 amide bonds. The average molecular weight is 639 g/mol. The minimum Gasteiger partial charge on any atom is -0.372 e. The van der Waals surface area contributed by atoms with Crippen molar-refractivity contribution in [3.8, 4) is 11.1 Å². The molecular formula is C39H44F2N4O2. The van der Waals surface area contributed by atoms with E-state index in [-0.39, 0.29) is 29.8 Å². The van der Waals surface area contributed by atoms with Crippen molar-refractivity contribution in [2.24, 2.45) is 0 Å². The van der Waals surface area contributed by atoms with Gasteiger partial charge >= 0.3 is 0 Å². The predicted molar refractivity (Wildman–Crippen MR) is 186 cm³/mol. The Morgan fingerprint density at radius 1 is 0.872 bits per heavy atom. The highest BCUT2D eigenvalue weighted by atomic mass is 19.3. The molecule has 2 N–H and O–H groups in total. The summed E-state index contributed by atoms with van der Waals surface area (Å²) in [6, 6.07) is 31.2. The molecule has 0 aromatic heterocycles. The summed E-state index contributed by atoms with van der Waals surface area (Å²) in [4.78, 5) is 31.1. The van der Waals surface area contributed by atoms with Crippen molar-refractivity contribution >= 4 is 23.2 Å². The Bertz CT molecular complexity index is 1620. The van der Waals surface area contributed by atoms with E-state index >= 15 is 0 Å². The van der Waals surface area contributed by atoms with Gasteiger partial charge in [0.1, 0.15) is 6.04 Å². The zero-order valence-electron chi connectivity index (χ0n) is 27.4. The van der Waals surface area contributed by atoms with Gasteiger partial charge in [-0.25, -0.2) is 8.78 Å². The molecule has 0 spiro atoms. The smallest absolute Gasteiger partial charge is 0.273 e. The van der Waals surface area contributed by atoms with Crippen molar-refractivity contribution in [2.45, 2.75) is 57.5 Å². The van der Waals surface area contributed by atoms with Gasteiger partial charge in [0, 0.05) is 61.6 Å². The van der Waals surface area contributed by atoms with Crippen LogP contribution in [0.3, 0.4) is 0 Å². The molecule has 5 rings (SSSR count). The molecule has 0 radical (unpaired) electrons. The van der Waals surface area contributed by atoms with Crippen LogP contribution in [-0.4, -0.2) is 49.4 Å². The minimum atomic E-state index is -2.88. The van der Waals surface area contributed by atoms with Gasteiger partial charge < -0.3 is 15.5 Å². The molecule has 8 heteroatoms. The van der Waals surface area contributed by atoms with Gasteiger partial charge in [-0.1, -0.05) is 86.6 Å². The van der Waals surface area contributed by atoms with E-state index in [1.165, 1.54) is 19.1 Å². The van der Waals surface area contributed by atoms with Gasteiger partial charge in [0.2, 0.25) is 5.91 Å². The highest BCUT2D eigenvalue weighted by Crippen LogP contribution is 2.34. The van der Waals surface area contributed by atoms with E-state index < -0.39 is 5.92 Å². The van der Waals surface area contributed by atoms with E-state index in [4.69, 9.17) is 0 Å². The summed E-state index contributed by atoms with van der Waals surface area (Å²) in [5.74, 6) is -3.10. The predicted octanol–water partition coefficient (Wildman–Crippen LogP) is 8.28. The number of carbonyl (C=O) groups is 2. The lowest BCUT2D eigenvalue weighted by Crippen LogP contribution is -2.48. The number of anilines is 2. The Hall–Kier alpha value is -4.56. The van der Waals surface area contributed by atoms with Gasteiger partial charge in [-0.2, -0.15) is 0 Å². The van der Waals surface area contributed by atoms with Crippen LogP contribution in [0.5, 0.6) is 0 Å². The second-order valence-electron chi connectivity index (χ2n) is 12.2. The molecule has 6 nitrogen and oxygen atoms in total. The molecule has 1 aliphatic heterocycles. The molecule has 0 bridgehead atoms. The van der Waals surface area contributed by atoms with E-state index in [0.717, 1.165) is 43.6 Å². The minimum absolute atomic E-state index is 0.0347. The van der Waals surface area contributed by atoms with Crippen molar-refractivity contribution in [2.75, 3.05) is 36.9 Å². The Labute approximate surface area is 276 Å². The summed E-state index contributed by atoms with van der Waals surface area (Å²) in [5, 5.41) is 6.09. The zero-order chi connectivity index (χ0) is 33.4. The normalized spacial score (nSPS) is 14.7. The quantitative estimate of drug-likeness (QED) is 0.164. The van der Waals surface area contributed by atoms with Crippen LogP contribution in [0.25, 0.3) is 11.1 Å². The van der Waals surface area contributed by atoms with Crippen LogP contribution < -0.4 is 15.5 Å². The Morgan fingerprint density at radius 3 is 2.15 bits per heavy atom. The third kappa shape index (κ3) is 8.06. The van der Waals surface area contributed by atoms with Crippen molar-refractivity contribution < 1.29 is 18.4 Å². The Kier molecular flexibility index (Phi) is 11.0. The fraction of sp³-hybridized carbons (Fsp3) is 0.333. The van der Waals surface area contributed by atoms with Gasteiger partial charge in [-0.3, -0.25) is 14.5 Å². The second-order valence-corrected chi connectivity index (χ2v) is 12.2. The summed E-state index contributed by atoms with van der Waals surface area (Å²) >= 11 is 0. The lowest BCUT2D eigenvalue weighted by molar-refractivity contribution is -0.127. The van der Waals surface area contributed by atoms with Crippen LogP contribution in [-0.2, 0) is 10.7 Å². The van der Waals surface area contributed by atoms with Gasteiger partial charge in [-0.05, 0) is 66.3 Å². The van der Waals surface area contributed by atoms with Crippen LogP contribution in [0.15, 0.2) is 103 Å². The number of halogens is 2. The number of alkyl halides is 2. The molecule has 1 atom stereocenters. The summed E-state index contributed by atoms with van der Waals surface area (Å²) in [7, 11) is 2.09. The summed E-state index contributed by atoms with van der Waals surface area (Å²) < 4.78 is 28.3. The van der Waals surface area contributed by atoms with E-state index in [0.29, 0.717) is 35.0 Å². The largest absolute Gasteiger partial charge is 0.372 e. The zero-order valence-corrected chi connectivity index (χ0v) is 27.4. The highest BCUT2D eigenvalue weighted by molar-refractivity contribution is 6.08. The Balaban J connectivity index is 1.21. The number of piperidine rings is 1. The maximum atomic E-state index is 14.1. The van der Waals surface area contributed by atoms with E-state index in [9.17, 15) is 18.4 Å². The van der Waals surface area contributed by atoms with Gasteiger partial charge in [-0.15, -0.1) is 0 Å². The maximum Gasteiger partial charge on any atom is 0.273 e. The lowest BCUT2D eigenvalue weighted by Gasteiger charge is -2.40. The average Bonchev–Trinajstić information content (AvgIpc) is 3.11. The van der Waals surface area contributed by atoms with Gasteiger partial charge in [0.25, 0.3) is 11.8 Å². The van der Waals surface area contributed by atoms with E-state index in [2.05, 4.69) is 34.4 Å². The molecule has 47 heavy (non-hydrogen) atoms. The number of nitrogens with one attached hydrogen (secondary N) is 2. The first-order valence-corrected chi connectivity index (χ1v) is 16.5. The monoisotopic (exact) mass is 638 g/mol. The van der Waals surface area contributed by atoms with E-state index in [1.54, 1.807) is 24.3 Å². The van der Waals surface area contributed by atoms with Gasteiger partial charge in [0.15, 0.2) is 0 Å². The Morgan fingerprint density at radius 2 is 1.51 bits per heavy atom. The molecule has 0 saturated carbocycles. The first kappa shape index (κ1) is 33.8. The number of amides is 2. The standard InChI is InChI=1S/C39H44F2N4O2/c1-4-25-42-38(47)36(29-11-7-6-8-12-29)45-26-23-33(24-27-45)44(3)32-21-19-31(20-22-32)43-37(46)35-14-10-9-13-34(35)28-15-17-30(18-16-28)39(40,41)5-2/h6-22,33,36H,4-5,23-27H2,1-3H3,(H,42,47)(H,43,46). The van der Waals surface area contributed by atoms with Crippen LogP contribution >= 0.6 is 0 Å². The lowest BCUT2D eigenvalue weighted by atomic mass is 9.96. The number of benzene rings is 4. The number of rotatable bonds is 12. The van der Waals surface area contributed by atoms with Gasteiger partial charge in [0.05, 0.1) is 0 Å². The molecule has 1 saturated heterocycles. The molecule has 1 fully saturated rings. The number of nitrogens with zero attached hydrogens (tertiary/aromatic N) is 2. The summed E-state index contributed by atoms with van der Waals surface area (Å²) in [6.07, 6.45) is 2.48. The fourth-order valence-corrected chi connectivity index (χ4v) is 6.26. The molecule has 4 aromatic rings. The summed E-state index contributed by atoms with van der Waals surface area (Å²) in [5.41, 5.74) is 4.54. The van der Waals surface area contributed by atoms with Crippen molar-refractivity contribution in [1.82, 2.24) is 10.2 Å². The SMILES string of the molecule is CCCNC(=O)C(c1ccccc1)N1CCC(N(C)c2ccc(NC(=O)c3ccccc3-c3ccc(C(F)(F)CC)cc3)cc2)CC1. The number of carbonyl (C=O) groups excluding carboxylic acids is 2. The second kappa shape index (κ2) is 15.4. The number of hydrogen-bond donors (Lipinski definition) is 2. The van der Waals surface area contributed by atoms with Crippen LogP contribution in [0.1, 0.15) is 67.1 Å². The molecule has 4 aromatic carbocycles. The molecule has 246 valence electrons. The first-order chi connectivity index (χ1) is 22.7. The number of hydrogen-bond acceptors (Lipinski definition) is 4. The van der Waals surface area contributed by atoms with Crippen LogP contribution in [0.2, 0.25) is 0 Å². The molecule has 0 aliphatic carbocycles. The van der Waals surface area contributed by atoms with Crippen LogP contribution in [0.4, 0.5) is 20.2 Å². The molecule has 1 unspecified atom stereocenters. The van der Waals surface area contributed by atoms with Crippen LogP contribution in [0, 0.1) is 0 Å². The molecular weight excluding hydrogens is 594 g/mol. The maximum absolute atomic E-state index is 14.1. The van der Waals surface area contributed by atoms with E-state index in [1.807, 2.05) is 66.7 Å². The summed E-state index contributed by atoms with van der Waals surface area (Å²) in [6.45, 7) is 5.81. The molecule has 1 aliphatic rings. The fourth-order valence-electron chi connectivity index (χ4n) is 6.26. The number of likely N-dealkylation sites (tertiary alicyclic amines) is 1. The first-order valence-electron chi connectivity index (χ1n) is 16.5. The van der Waals surface area contributed by atoms with Crippen molar-refractivity contribution in [3.63, 3.8) is 0 Å². The van der Waals surface area contributed by atoms with Crippen molar-refractivity contribution in [3.05, 3.63) is 120 Å².